The summed E-state index contributed by atoms with van der Waals surface area (Å²) in [6.45, 7) is 1.69. The third-order valence-corrected chi connectivity index (χ3v) is 5.75. The number of carboxylic acids is 2. The molecule has 1 aromatic heterocycles. The molecule has 2 unspecified atom stereocenters. The highest BCUT2D eigenvalue weighted by atomic mass is 16.4. The first kappa shape index (κ1) is 26.9. The Morgan fingerprint density at radius 1 is 1.26 bits per heavy atom. The van der Waals surface area contributed by atoms with E-state index in [4.69, 9.17) is 5.73 Å². The third kappa shape index (κ3) is 5.43. The van der Waals surface area contributed by atoms with Gasteiger partial charge in [-0.15, -0.1) is 0 Å². The second-order valence-corrected chi connectivity index (χ2v) is 7.98. The molecular formula is C21H29N7O7. The van der Waals surface area contributed by atoms with Gasteiger partial charge in [-0.2, -0.15) is 4.98 Å². The molecular weight excluding hydrogens is 462 g/mol. The van der Waals surface area contributed by atoms with E-state index in [0.29, 0.717) is 18.5 Å². The summed E-state index contributed by atoms with van der Waals surface area (Å²) in [6, 6.07) is 5.20. The lowest BCUT2D eigenvalue weighted by Crippen LogP contribution is -2.65. The zero-order valence-corrected chi connectivity index (χ0v) is 19.2. The number of rotatable bonds is 9. The molecule has 35 heavy (non-hydrogen) atoms. The molecule has 2 heterocycles. The first-order valence-electron chi connectivity index (χ1n) is 10.6. The molecule has 0 saturated heterocycles. The molecule has 190 valence electrons. The number of likely N-dealkylation sites (N-methyl/N-ethyl adjacent to an activating group) is 1. The Bertz CT molecular complexity index is 1150. The summed E-state index contributed by atoms with van der Waals surface area (Å²) in [5.41, 5.74) is 4.32. The van der Waals surface area contributed by atoms with Crippen LogP contribution in [0, 0.1) is 0 Å². The van der Waals surface area contributed by atoms with Crippen LogP contribution < -0.4 is 32.1 Å². The summed E-state index contributed by atoms with van der Waals surface area (Å²) in [5, 5.41) is 27.6. The second-order valence-electron chi connectivity index (χ2n) is 7.98. The summed E-state index contributed by atoms with van der Waals surface area (Å²) in [4.78, 5) is 56.0. The van der Waals surface area contributed by atoms with E-state index in [1.54, 1.807) is 12.1 Å². The number of nitrogens with two attached hydrogens (primary N) is 1. The average Bonchev–Trinajstić information content (AvgIpc) is 2.78. The molecule has 0 bridgehead atoms. The Morgan fingerprint density at radius 3 is 2.49 bits per heavy atom. The number of amides is 1. The Hall–Kier alpha value is -4.33. The highest BCUT2D eigenvalue weighted by Crippen LogP contribution is 2.31. The van der Waals surface area contributed by atoms with Crippen molar-refractivity contribution in [3.8, 4) is 0 Å². The SMILES string of the molecule is CCCC(NC(=O)c1ccc(NCC2(C(=O)O)CNc3nc(N)[nH]c(=O)c3N2C)cc1)C(=O)O.O. The number of carbonyl (C=O) groups excluding carboxylic acids is 1. The van der Waals surface area contributed by atoms with Gasteiger partial charge in [0.2, 0.25) is 5.95 Å². The van der Waals surface area contributed by atoms with Crippen molar-refractivity contribution < 1.29 is 30.1 Å². The van der Waals surface area contributed by atoms with Crippen LogP contribution in [0.25, 0.3) is 0 Å². The van der Waals surface area contributed by atoms with E-state index in [1.165, 1.54) is 24.1 Å². The quantitative estimate of drug-likeness (QED) is 0.232. The average molecular weight is 492 g/mol. The number of anilines is 4. The van der Waals surface area contributed by atoms with Crippen LogP contribution in [0.2, 0.25) is 0 Å². The lowest BCUT2D eigenvalue weighted by molar-refractivity contribution is -0.142. The maximum Gasteiger partial charge on any atom is 0.333 e. The fourth-order valence-electron chi connectivity index (χ4n) is 3.73. The Kier molecular flexibility index (Phi) is 8.25. The lowest BCUT2D eigenvalue weighted by Gasteiger charge is -2.43. The molecule has 14 heteroatoms. The van der Waals surface area contributed by atoms with Gasteiger partial charge in [0.25, 0.3) is 11.5 Å². The molecule has 0 radical (unpaired) electrons. The van der Waals surface area contributed by atoms with Crippen molar-refractivity contribution in [1.29, 1.82) is 0 Å². The predicted molar refractivity (Wildman–Crippen MR) is 129 cm³/mol. The largest absolute Gasteiger partial charge is 0.480 e. The van der Waals surface area contributed by atoms with Gasteiger partial charge in [-0.1, -0.05) is 13.3 Å². The molecule has 0 aliphatic carbocycles. The zero-order valence-electron chi connectivity index (χ0n) is 19.2. The van der Waals surface area contributed by atoms with Crippen LogP contribution in [-0.2, 0) is 9.59 Å². The van der Waals surface area contributed by atoms with Crippen LogP contribution in [-0.4, -0.2) is 75.2 Å². The molecule has 1 aromatic carbocycles. The Balaban J connectivity index is 0.00000432. The van der Waals surface area contributed by atoms with Gasteiger partial charge in [0.15, 0.2) is 11.4 Å². The normalized spacial score (nSPS) is 17.3. The number of aromatic amines is 1. The van der Waals surface area contributed by atoms with Crippen molar-refractivity contribution in [2.75, 3.05) is 41.4 Å². The minimum Gasteiger partial charge on any atom is -0.480 e. The molecule has 2 aromatic rings. The maximum absolute atomic E-state index is 12.4. The van der Waals surface area contributed by atoms with E-state index in [1.807, 2.05) is 6.92 Å². The molecule has 10 N–H and O–H groups in total. The summed E-state index contributed by atoms with van der Waals surface area (Å²) < 4.78 is 0. The van der Waals surface area contributed by atoms with Gasteiger partial charge in [-0.05, 0) is 30.7 Å². The van der Waals surface area contributed by atoms with Crippen LogP contribution in [0.15, 0.2) is 29.1 Å². The number of fused-ring (bicyclic) bond motifs is 1. The smallest absolute Gasteiger partial charge is 0.333 e. The number of nitrogens with zero attached hydrogens (tertiary/aromatic N) is 2. The Morgan fingerprint density at radius 2 is 1.91 bits per heavy atom. The number of hydrogen-bond donors (Lipinski definition) is 7. The summed E-state index contributed by atoms with van der Waals surface area (Å²) >= 11 is 0. The van der Waals surface area contributed by atoms with Crippen LogP contribution in [0.1, 0.15) is 30.1 Å². The van der Waals surface area contributed by atoms with E-state index in [-0.39, 0.29) is 41.6 Å². The Labute approximate surface area is 199 Å². The predicted octanol–water partition coefficient (Wildman–Crippen LogP) is -0.692. The van der Waals surface area contributed by atoms with Crippen molar-refractivity contribution in [3.63, 3.8) is 0 Å². The van der Waals surface area contributed by atoms with Crippen molar-refractivity contribution >= 4 is 41.0 Å². The highest BCUT2D eigenvalue weighted by molar-refractivity contribution is 5.97. The first-order valence-corrected chi connectivity index (χ1v) is 10.6. The van der Waals surface area contributed by atoms with Gasteiger partial charge >= 0.3 is 11.9 Å². The van der Waals surface area contributed by atoms with Gasteiger partial charge in [0.1, 0.15) is 11.7 Å². The molecule has 1 amide bonds. The number of aliphatic carboxylic acids is 2. The van der Waals surface area contributed by atoms with Crippen LogP contribution >= 0.6 is 0 Å². The standard InChI is InChI=1S/C21H27N7O6.H2O/c1-3-4-13(18(31)32)25-16(29)11-5-7-12(8-6-11)23-9-21(19(33)34)10-24-15-14(28(21)2)17(30)27-20(22)26-15;/h5-8,13,23H,3-4,9-10H2,1-2H3,(H,25,29)(H,31,32)(H,33,34)(H4,22,24,26,27,30);1H2. The van der Waals surface area contributed by atoms with E-state index >= 15 is 0 Å². The van der Waals surface area contributed by atoms with Crippen molar-refractivity contribution in [3.05, 3.63) is 40.2 Å². The van der Waals surface area contributed by atoms with Crippen molar-refractivity contribution in [2.45, 2.75) is 31.3 Å². The number of nitrogens with one attached hydrogen (secondary N) is 4. The molecule has 0 saturated carbocycles. The number of benzene rings is 1. The van der Waals surface area contributed by atoms with Gasteiger partial charge in [0.05, 0.1) is 13.1 Å². The van der Waals surface area contributed by atoms with E-state index in [2.05, 4.69) is 25.9 Å². The number of aromatic nitrogens is 2. The highest BCUT2D eigenvalue weighted by Gasteiger charge is 2.47. The van der Waals surface area contributed by atoms with Crippen LogP contribution in [0.5, 0.6) is 0 Å². The fraction of sp³-hybridized carbons (Fsp3) is 0.381. The molecule has 3 rings (SSSR count). The number of H-pyrrole nitrogens is 1. The van der Waals surface area contributed by atoms with Gasteiger partial charge < -0.3 is 42.3 Å². The molecule has 0 fully saturated rings. The van der Waals surface area contributed by atoms with E-state index in [0.717, 1.165) is 0 Å². The van der Waals surface area contributed by atoms with Gasteiger partial charge in [-0.3, -0.25) is 14.6 Å². The minimum atomic E-state index is -1.53. The number of hydrogen-bond acceptors (Lipinski definition) is 9. The first-order chi connectivity index (χ1) is 16.1. The fourth-order valence-corrected chi connectivity index (χ4v) is 3.73. The van der Waals surface area contributed by atoms with Crippen molar-refractivity contribution in [2.24, 2.45) is 0 Å². The maximum atomic E-state index is 12.4. The number of carboxylic acid groups (broad SMARTS) is 2. The molecule has 2 atom stereocenters. The van der Waals surface area contributed by atoms with E-state index < -0.39 is 35.0 Å². The van der Waals surface area contributed by atoms with Crippen molar-refractivity contribution in [1.82, 2.24) is 15.3 Å². The molecule has 1 aliphatic rings. The molecule has 0 spiro atoms. The lowest BCUT2D eigenvalue weighted by atomic mass is 9.94. The molecule has 1 aliphatic heterocycles. The summed E-state index contributed by atoms with van der Waals surface area (Å²) in [7, 11) is 1.49. The number of carbonyl (C=O) groups is 3. The monoisotopic (exact) mass is 491 g/mol. The molecule has 14 nitrogen and oxygen atoms in total. The van der Waals surface area contributed by atoms with Gasteiger partial charge in [-0.25, -0.2) is 9.59 Å². The minimum absolute atomic E-state index is 0. The third-order valence-electron chi connectivity index (χ3n) is 5.75. The van der Waals surface area contributed by atoms with Gasteiger partial charge in [0, 0.05) is 18.3 Å². The second kappa shape index (κ2) is 10.7. The van der Waals surface area contributed by atoms with Crippen LogP contribution in [0.3, 0.4) is 0 Å². The van der Waals surface area contributed by atoms with E-state index in [9.17, 15) is 29.4 Å². The number of nitrogen functional groups attached to an aromatic ring is 1. The summed E-state index contributed by atoms with van der Waals surface area (Å²) in [5.74, 6) is -2.68. The van der Waals surface area contributed by atoms with Crippen LogP contribution in [0.4, 0.5) is 23.1 Å². The zero-order chi connectivity index (χ0) is 25.0. The summed E-state index contributed by atoms with van der Waals surface area (Å²) in [6.07, 6.45) is 0.919. The topological polar surface area (TPSA) is 234 Å².